The van der Waals surface area contributed by atoms with Crippen molar-refractivity contribution in [1.82, 2.24) is 10.2 Å². The molecule has 0 fully saturated rings. The number of aliphatic hydroxyl groups excluding tert-OH is 1. The maximum absolute atomic E-state index is 10.1. The fourth-order valence-electron chi connectivity index (χ4n) is 2.86. The molecule has 28 heavy (non-hydrogen) atoms. The molecule has 0 saturated carbocycles. The molecule has 8 heteroatoms. The third-order valence-electron chi connectivity index (χ3n) is 4.50. The first-order chi connectivity index (χ1) is 13.5. The van der Waals surface area contributed by atoms with Gasteiger partial charge in [-0.3, -0.25) is 0 Å². The van der Waals surface area contributed by atoms with E-state index in [1.54, 1.807) is 14.2 Å². The zero-order valence-corrected chi connectivity index (χ0v) is 16.6. The van der Waals surface area contributed by atoms with Gasteiger partial charge in [-0.1, -0.05) is 23.5 Å². The molecule has 0 saturated heterocycles. The molecule has 0 aliphatic carbocycles. The van der Waals surface area contributed by atoms with Gasteiger partial charge in [-0.2, -0.15) is 5.26 Å². The van der Waals surface area contributed by atoms with Gasteiger partial charge in [0.2, 0.25) is 5.13 Å². The van der Waals surface area contributed by atoms with Crippen LogP contribution in [0.15, 0.2) is 42.5 Å². The van der Waals surface area contributed by atoms with E-state index in [2.05, 4.69) is 21.6 Å². The van der Waals surface area contributed by atoms with Gasteiger partial charge in [0.1, 0.15) is 21.9 Å². The number of nitrogens with one attached hydrogen (secondary N) is 1. The predicted molar refractivity (Wildman–Crippen MR) is 107 cm³/mol. The van der Waals surface area contributed by atoms with E-state index in [1.165, 1.54) is 11.3 Å². The number of ether oxygens (including phenoxy) is 2. The minimum absolute atomic E-state index is 0.170. The lowest BCUT2D eigenvalue weighted by molar-refractivity contribution is 0.280. The largest absolute Gasteiger partial charge is 0.497 e. The Bertz CT molecular complexity index is 997. The Labute approximate surface area is 167 Å². The van der Waals surface area contributed by atoms with E-state index in [0.717, 1.165) is 16.9 Å². The number of nitrogens with zero attached hydrogens (tertiary/aromatic N) is 3. The number of hydrogen-bond donors (Lipinski definition) is 2. The number of aliphatic hydroxyl groups is 1. The number of methoxy groups -OCH3 is 2. The lowest BCUT2D eigenvalue weighted by atomic mass is 9.76. The van der Waals surface area contributed by atoms with E-state index in [0.29, 0.717) is 21.6 Å². The zero-order chi connectivity index (χ0) is 20.1. The van der Waals surface area contributed by atoms with E-state index in [4.69, 9.17) is 9.47 Å². The van der Waals surface area contributed by atoms with Crippen LogP contribution in [-0.2, 0) is 12.0 Å². The monoisotopic (exact) mass is 396 g/mol. The molecule has 144 valence electrons. The van der Waals surface area contributed by atoms with Crippen molar-refractivity contribution < 1.29 is 14.6 Å². The van der Waals surface area contributed by atoms with Crippen LogP contribution in [0.25, 0.3) is 0 Å². The normalized spacial score (nSPS) is 12.7. The Morgan fingerprint density at radius 2 is 1.79 bits per heavy atom. The molecule has 1 atom stereocenters. The molecular weight excluding hydrogens is 376 g/mol. The Morgan fingerprint density at radius 3 is 2.36 bits per heavy atom. The van der Waals surface area contributed by atoms with Crippen molar-refractivity contribution in [2.24, 2.45) is 0 Å². The Morgan fingerprint density at radius 1 is 1.11 bits per heavy atom. The second kappa shape index (κ2) is 8.25. The second-order valence-corrected chi connectivity index (χ2v) is 7.22. The Balaban J connectivity index is 2.09. The van der Waals surface area contributed by atoms with Crippen molar-refractivity contribution in [3.8, 4) is 17.6 Å². The summed E-state index contributed by atoms with van der Waals surface area (Å²) in [4.78, 5) is 0. The van der Waals surface area contributed by atoms with Crippen molar-refractivity contribution in [3.63, 3.8) is 0 Å². The van der Waals surface area contributed by atoms with Crippen molar-refractivity contribution in [1.29, 1.82) is 5.26 Å². The number of benzene rings is 2. The number of rotatable bonds is 7. The van der Waals surface area contributed by atoms with Gasteiger partial charge in [-0.25, -0.2) is 0 Å². The summed E-state index contributed by atoms with van der Waals surface area (Å²) in [5, 5.41) is 31.5. The van der Waals surface area contributed by atoms with Crippen molar-refractivity contribution in [2.45, 2.75) is 18.9 Å². The Hall–Kier alpha value is -3.15. The van der Waals surface area contributed by atoms with E-state index >= 15 is 0 Å². The van der Waals surface area contributed by atoms with Gasteiger partial charge < -0.3 is 19.9 Å². The quantitative estimate of drug-likeness (QED) is 0.629. The molecule has 1 aromatic heterocycles. The van der Waals surface area contributed by atoms with Gasteiger partial charge >= 0.3 is 0 Å². The zero-order valence-electron chi connectivity index (χ0n) is 15.8. The summed E-state index contributed by atoms with van der Waals surface area (Å²) in [5.41, 5.74) is 1.31. The summed E-state index contributed by atoms with van der Waals surface area (Å²) >= 11 is 1.25. The number of anilines is 2. The van der Waals surface area contributed by atoms with Gasteiger partial charge in [0.15, 0.2) is 0 Å². The van der Waals surface area contributed by atoms with Crippen LogP contribution in [0.2, 0.25) is 0 Å². The smallest absolute Gasteiger partial charge is 0.210 e. The molecule has 0 radical (unpaired) electrons. The molecule has 0 bridgehead atoms. The van der Waals surface area contributed by atoms with Crippen LogP contribution in [0.3, 0.4) is 0 Å². The summed E-state index contributed by atoms with van der Waals surface area (Å²) in [6.07, 6.45) is 0. The third kappa shape index (κ3) is 3.76. The number of nitriles is 1. The first-order valence-corrected chi connectivity index (χ1v) is 9.30. The molecule has 0 aliphatic rings. The highest BCUT2D eigenvalue weighted by Crippen LogP contribution is 2.40. The lowest BCUT2D eigenvalue weighted by Gasteiger charge is -2.26. The summed E-state index contributed by atoms with van der Waals surface area (Å²) in [7, 11) is 3.19. The van der Waals surface area contributed by atoms with Crippen LogP contribution in [-0.4, -0.2) is 29.5 Å². The second-order valence-electron chi connectivity index (χ2n) is 6.16. The van der Waals surface area contributed by atoms with Crippen molar-refractivity contribution in [3.05, 3.63) is 58.6 Å². The highest BCUT2D eigenvalue weighted by Gasteiger charge is 2.32. The van der Waals surface area contributed by atoms with Crippen LogP contribution >= 0.6 is 11.3 Å². The van der Waals surface area contributed by atoms with E-state index in [-0.39, 0.29) is 6.61 Å². The lowest BCUT2D eigenvalue weighted by Crippen LogP contribution is -2.22. The molecule has 7 nitrogen and oxygen atoms in total. The number of hydrogen-bond acceptors (Lipinski definition) is 8. The standard InChI is InChI=1S/C20H20N4O3S/c1-20(12-21,13-4-6-14(26-2)7-5-13)16-10-15(27-3)8-9-17(16)22-19-24-23-18(11-25)28-19/h4-10,25H,11H2,1-3H3,(H,22,24). The summed E-state index contributed by atoms with van der Waals surface area (Å²) in [6.45, 7) is 1.69. The summed E-state index contributed by atoms with van der Waals surface area (Å²) < 4.78 is 10.6. The predicted octanol–water partition coefficient (Wildman–Crippen LogP) is 3.62. The minimum atomic E-state index is -0.951. The highest BCUT2D eigenvalue weighted by molar-refractivity contribution is 7.15. The average Bonchev–Trinajstić information content (AvgIpc) is 3.21. The van der Waals surface area contributed by atoms with Gasteiger partial charge in [0, 0.05) is 11.3 Å². The molecule has 1 heterocycles. The molecule has 1 unspecified atom stereocenters. The van der Waals surface area contributed by atoms with Gasteiger partial charge in [-0.05, 0) is 42.8 Å². The van der Waals surface area contributed by atoms with Crippen LogP contribution in [0.1, 0.15) is 23.1 Å². The van der Waals surface area contributed by atoms with Crippen molar-refractivity contribution >= 4 is 22.2 Å². The first kappa shape index (κ1) is 19.6. The SMILES string of the molecule is COc1ccc(C(C)(C#N)c2cc(OC)ccc2Nc2nnc(CO)s2)cc1. The molecule has 0 spiro atoms. The molecule has 3 aromatic rings. The van der Waals surface area contributed by atoms with E-state index in [1.807, 2.05) is 49.4 Å². The summed E-state index contributed by atoms with van der Waals surface area (Å²) in [6, 6.07) is 15.3. The van der Waals surface area contributed by atoms with Crippen LogP contribution in [0.4, 0.5) is 10.8 Å². The van der Waals surface area contributed by atoms with Gasteiger partial charge in [0.05, 0.1) is 26.9 Å². The Kier molecular flexibility index (Phi) is 5.78. The molecule has 3 rings (SSSR count). The fourth-order valence-corrected chi connectivity index (χ4v) is 3.47. The third-order valence-corrected chi connectivity index (χ3v) is 5.32. The van der Waals surface area contributed by atoms with Crippen LogP contribution < -0.4 is 14.8 Å². The first-order valence-electron chi connectivity index (χ1n) is 8.48. The topological polar surface area (TPSA) is 100 Å². The van der Waals surface area contributed by atoms with Crippen LogP contribution in [0.5, 0.6) is 11.5 Å². The minimum Gasteiger partial charge on any atom is -0.497 e. The molecular formula is C20H20N4O3S. The molecule has 2 N–H and O–H groups in total. The van der Waals surface area contributed by atoms with Crippen molar-refractivity contribution in [2.75, 3.05) is 19.5 Å². The van der Waals surface area contributed by atoms with E-state index in [9.17, 15) is 10.4 Å². The van der Waals surface area contributed by atoms with E-state index < -0.39 is 5.41 Å². The molecule has 2 aromatic carbocycles. The van der Waals surface area contributed by atoms with Crippen LogP contribution in [0, 0.1) is 11.3 Å². The molecule has 0 aliphatic heterocycles. The average molecular weight is 396 g/mol. The highest BCUT2D eigenvalue weighted by atomic mass is 32.1. The van der Waals surface area contributed by atoms with Gasteiger partial charge in [-0.15, -0.1) is 10.2 Å². The van der Waals surface area contributed by atoms with Gasteiger partial charge in [0.25, 0.3) is 0 Å². The summed E-state index contributed by atoms with van der Waals surface area (Å²) in [5.74, 6) is 1.36. The molecule has 0 amide bonds. The fraction of sp³-hybridized carbons (Fsp3) is 0.250. The number of aromatic nitrogens is 2. The maximum Gasteiger partial charge on any atom is 0.210 e. The maximum atomic E-state index is 10.1.